The van der Waals surface area contributed by atoms with Gasteiger partial charge in [-0.2, -0.15) is 0 Å². The van der Waals surface area contributed by atoms with Crippen molar-refractivity contribution in [1.29, 1.82) is 0 Å². The average molecular weight is 405 g/mol. The zero-order chi connectivity index (χ0) is 21.0. The molecule has 4 aliphatic rings. The molecule has 164 valence electrons. The molecule has 9 atom stereocenters. The van der Waals surface area contributed by atoms with Crippen LogP contribution in [0.4, 0.5) is 0 Å². The molecule has 2 N–H and O–H groups in total. The van der Waals surface area contributed by atoms with Gasteiger partial charge in [-0.25, -0.2) is 0 Å². The number of rotatable bonds is 4. The minimum absolute atomic E-state index is 0.0962. The summed E-state index contributed by atoms with van der Waals surface area (Å²) in [6.45, 7) is 6.98. The summed E-state index contributed by atoms with van der Waals surface area (Å²) in [5, 5.41) is 21.7. The van der Waals surface area contributed by atoms with Crippen molar-refractivity contribution in [3.63, 3.8) is 0 Å². The molecule has 4 heteroatoms. The first-order valence-electron chi connectivity index (χ1n) is 11.9. The summed E-state index contributed by atoms with van der Waals surface area (Å²) in [5.74, 6) is 2.40. The summed E-state index contributed by atoms with van der Waals surface area (Å²) in [5.41, 5.74) is 1.57. The number of aliphatic hydroxyl groups is 2. The fourth-order valence-corrected chi connectivity index (χ4v) is 8.11. The molecular formula is C25H40O4. The van der Waals surface area contributed by atoms with E-state index in [0.717, 1.165) is 32.1 Å². The van der Waals surface area contributed by atoms with Gasteiger partial charge in [-0.15, -0.1) is 0 Å². The topological polar surface area (TPSA) is 66.8 Å². The van der Waals surface area contributed by atoms with Crippen LogP contribution in [-0.2, 0) is 9.53 Å². The van der Waals surface area contributed by atoms with E-state index in [0.29, 0.717) is 36.0 Å². The van der Waals surface area contributed by atoms with Gasteiger partial charge in [0.2, 0.25) is 0 Å². The zero-order valence-electron chi connectivity index (χ0n) is 18.7. The maximum atomic E-state index is 11.6. The molecule has 4 rings (SSSR count). The SMILES string of the molecule is COC(=O)CC[C@@H](C)C1CCC2C3CC[C@@H]4C[C@H](O)CC[C@]4(C)C3=CC(O)[C@@]21C. The van der Waals surface area contributed by atoms with Crippen molar-refractivity contribution >= 4 is 5.97 Å². The monoisotopic (exact) mass is 404 g/mol. The highest BCUT2D eigenvalue weighted by molar-refractivity contribution is 5.69. The maximum Gasteiger partial charge on any atom is 0.305 e. The highest BCUT2D eigenvalue weighted by Gasteiger charge is 2.60. The van der Waals surface area contributed by atoms with Crippen molar-refractivity contribution in [2.75, 3.05) is 7.11 Å². The van der Waals surface area contributed by atoms with E-state index in [2.05, 4.69) is 26.8 Å². The fraction of sp³-hybridized carbons (Fsp3) is 0.880. The molecule has 0 aromatic rings. The maximum absolute atomic E-state index is 11.6. The Morgan fingerprint density at radius 3 is 2.69 bits per heavy atom. The van der Waals surface area contributed by atoms with E-state index < -0.39 is 6.10 Å². The second-order valence-electron chi connectivity index (χ2n) is 11.0. The molecule has 0 amide bonds. The van der Waals surface area contributed by atoms with Gasteiger partial charge in [-0.1, -0.05) is 32.4 Å². The molecule has 0 bridgehead atoms. The lowest BCUT2D eigenvalue weighted by atomic mass is 9.47. The van der Waals surface area contributed by atoms with Crippen molar-refractivity contribution < 1.29 is 19.7 Å². The Hall–Kier alpha value is -0.870. The predicted octanol–water partition coefficient (Wildman–Crippen LogP) is 4.49. The minimum atomic E-state index is -0.408. The summed E-state index contributed by atoms with van der Waals surface area (Å²) in [6, 6.07) is 0. The van der Waals surface area contributed by atoms with Crippen LogP contribution >= 0.6 is 0 Å². The number of hydrogen-bond donors (Lipinski definition) is 2. The Kier molecular flexibility index (Phi) is 5.65. The number of fused-ring (bicyclic) bond motifs is 5. The van der Waals surface area contributed by atoms with Crippen LogP contribution in [0.2, 0.25) is 0 Å². The van der Waals surface area contributed by atoms with Crippen LogP contribution < -0.4 is 0 Å². The third-order valence-electron chi connectivity index (χ3n) is 9.90. The van der Waals surface area contributed by atoms with Gasteiger partial charge in [0.1, 0.15) is 0 Å². The Labute approximate surface area is 176 Å². The van der Waals surface area contributed by atoms with Gasteiger partial charge in [0.25, 0.3) is 0 Å². The Bertz CT molecular complexity index is 672. The second-order valence-corrected chi connectivity index (χ2v) is 11.0. The van der Waals surface area contributed by atoms with Crippen LogP contribution in [0.1, 0.15) is 78.6 Å². The average Bonchev–Trinajstić information content (AvgIpc) is 3.06. The molecule has 0 heterocycles. The van der Waals surface area contributed by atoms with Crippen molar-refractivity contribution in [3.05, 3.63) is 11.6 Å². The number of ether oxygens (including phenoxy) is 1. The molecule has 0 aromatic heterocycles. The summed E-state index contributed by atoms with van der Waals surface area (Å²) >= 11 is 0. The lowest BCUT2D eigenvalue weighted by Crippen LogP contribution is -2.53. The number of carbonyl (C=O) groups is 1. The standard InChI is InChI=1S/C25H40O4/c1-15(5-10-23(28)29-4)19-8-9-20-18-7-6-16-13-17(26)11-12-24(16,2)21(18)14-22(27)25(19,20)3/h14-20,22,26-27H,5-13H2,1-4H3/t15-,16-,17-,18?,19?,20?,22?,24+,25-/m1/s1. The molecule has 0 aliphatic heterocycles. The molecule has 0 radical (unpaired) electrons. The van der Waals surface area contributed by atoms with Gasteiger partial charge >= 0.3 is 5.97 Å². The summed E-state index contributed by atoms with van der Waals surface area (Å²) in [7, 11) is 1.46. The summed E-state index contributed by atoms with van der Waals surface area (Å²) in [4.78, 5) is 11.6. The first kappa shape index (κ1) is 21.4. The molecule has 29 heavy (non-hydrogen) atoms. The largest absolute Gasteiger partial charge is 0.469 e. The normalized spacial score (nSPS) is 47.4. The van der Waals surface area contributed by atoms with Gasteiger partial charge in [0.05, 0.1) is 19.3 Å². The fourth-order valence-electron chi connectivity index (χ4n) is 8.11. The highest BCUT2D eigenvalue weighted by atomic mass is 16.5. The lowest BCUT2D eigenvalue weighted by Gasteiger charge is -2.58. The number of hydrogen-bond acceptors (Lipinski definition) is 4. The summed E-state index contributed by atoms with van der Waals surface area (Å²) in [6.07, 6.45) is 10.6. The van der Waals surface area contributed by atoms with E-state index in [4.69, 9.17) is 4.74 Å². The van der Waals surface area contributed by atoms with E-state index in [1.54, 1.807) is 0 Å². The van der Waals surface area contributed by atoms with Crippen molar-refractivity contribution in [2.45, 2.75) is 90.8 Å². The van der Waals surface area contributed by atoms with E-state index in [9.17, 15) is 15.0 Å². The van der Waals surface area contributed by atoms with Crippen LogP contribution in [-0.4, -0.2) is 35.5 Å². The smallest absolute Gasteiger partial charge is 0.305 e. The number of allylic oxidation sites excluding steroid dienone is 1. The first-order valence-corrected chi connectivity index (χ1v) is 11.9. The Morgan fingerprint density at radius 1 is 1.21 bits per heavy atom. The quantitative estimate of drug-likeness (QED) is 0.535. The third kappa shape index (κ3) is 3.29. The Balaban J connectivity index is 1.59. The van der Waals surface area contributed by atoms with Crippen LogP contribution in [0.3, 0.4) is 0 Å². The number of esters is 1. The molecule has 4 nitrogen and oxygen atoms in total. The zero-order valence-corrected chi connectivity index (χ0v) is 18.7. The minimum Gasteiger partial charge on any atom is -0.469 e. The number of methoxy groups -OCH3 is 1. The van der Waals surface area contributed by atoms with E-state index in [-0.39, 0.29) is 22.9 Å². The number of carbonyl (C=O) groups excluding carboxylic acids is 1. The molecule has 3 saturated carbocycles. The first-order chi connectivity index (χ1) is 13.7. The van der Waals surface area contributed by atoms with Crippen molar-refractivity contribution in [1.82, 2.24) is 0 Å². The molecule has 0 spiro atoms. The van der Waals surface area contributed by atoms with Crippen molar-refractivity contribution in [3.8, 4) is 0 Å². The molecule has 0 aromatic carbocycles. The molecule has 4 aliphatic carbocycles. The third-order valence-corrected chi connectivity index (χ3v) is 9.90. The highest BCUT2D eigenvalue weighted by Crippen LogP contribution is 2.66. The molecule has 3 fully saturated rings. The van der Waals surface area contributed by atoms with Crippen LogP contribution in [0.5, 0.6) is 0 Å². The summed E-state index contributed by atoms with van der Waals surface area (Å²) < 4.78 is 4.84. The van der Waals surface area contributed by atoms with Gasteiger partial charge in [0.15, 0.2) is 0 Å². The van der Waals surface area contributed by atoms with E-state index in [1.807, 2.05) is 0 Å². The van der Waals surface area contributed by atoms with Crippen molar-refractivity contribution in [2.24, 2.45) is 40.4 Å². The molecule has 4 unspecified atom stereocenters. The number of aliphatic hydroxyl groups excluding tert-OH is 2. The van der Waals surface area contributed by atoms with Gasteiger partial charge < -0.3 is 14.9 Å². The van der Waals surface area contributed by atoms with Crippen LogP contribution in [0, 0.1) is 40.4 Å². The van der Waals surface area contributed by atoms with Gasteiger partial charge in [-0.3, -0.25) is 4.79 Å². The van der Waals surface area contributed by atoms with E-state index >= 15 is 0 Å². The van der Waals surface area contributed by atoms with Gasteiger partial charge in [0, 0.05) is 11.8 Å². The predicted molar refractivity (Wildman–Crippen MR) is 113 cm³/mol. The molecule has 0 saturated heterocycles. The van der Waals surface area contributed by atoms with Crippen LogP contribution in [0.15, 0.2) is 11.6 Å². The lowest BCUT2D eigenvalue weighted by molar-refractivity contribution is -0.141. The second kappa shape index (κ2) is 7.67. The van der Waals surface area contributed by atoms with Gasteiger partial charge in [-0.05, 0) is 86.4 Å². The Morgan fingerprint density at radius 2 is 1.97 bits per heavy atom. The van der Waals surface area contributed by atoms with E-state index in [1.165, 1.54) is 31.9 Å². The van der Waals surface area contributed by atoms with Crippen LogP contribution in [0.25, 0.3) is 0 Å². The molecular weight excluding hydrogens is 364 g/mol.